The molecule has 0 unspecified atom stereocenters. The van der Waals surface area contributed by atoms with Gasteiger partial charge in [0.05, 0.1) is 0 Å². The minimum atomic E-state index is 1.15. The molecular weight excluding hydrogens is 136 g/mol. The van der Waals surface area contributed by atoms with Gasteiger partial charge in [-0.15, -0.1) is 0 Å². The van der Waals surface area contributed by atoms with E-state index in [2.05, 4.69) is 51.8 Å². The molecule has 0 aliphatic rings. The van der Waals surface area contributed by atoms with Crippen LogP contribution < -0.4 is 0 Å². The fraction of sp³-hybridized carbons (Fsp3) is 1.00. The zero-order valence-electron chi connectivity index (χ0n) is 9.02. The first-order valence-corrected chi connectivity index (χ1v) is 4.34. The van der Waals surface area contributed by atoms with E-state index >= 15 is 0 Å². The average Bonchev–Trinajstić information content (AvgIpc) is 1.85. The van der Waals surface area contributed by atoms with Crippen LogP contribution in [0.5, 0.6) is 0 Å². The fourth-order valence-corrected chi connectivity index (χ4v) is 0.400. The third kappa shape index (κ3) is 25.7. The van der Waals surface area contributed by atoms with Gasteiger partial charge in [0.25, 0.3) is 0 Å². The summed E-state index contributed by atoms with van der Waals surface area (Å²) in [5, 5.41) is 0. The van der Waals surface area contributed by atoms with Crippen molar-refractivity contribution in [3.05, 3.63) is 0 Å². The maximum absolute atomic E-state index is 2.18. The van der Waals surface area contributed by atoms with Crippen LogP contribution >= 0.6 is 0 Å². The standard InChI is InChI=1S/C6H16N2.C3H8/c1-7(2)5-6-8(3)4;1-3-2/h5-6H2,1-4H3;3H2,1-2H3. The molecule has 0 aromatic heterocycles. The van der Waals surface area contributed by atoms with Gasteiger partial charge < -0.3 is 9.80 Å². The maximum atomic E-state index is 2.18. The summed E-state index contributed by atoms with van der Waals surface area (Å²) < 4.78 is 0. The normalized spacial score (nSPS) is 9.82. The minimum Gasteiger partial charge on any atom is -0.308 e. The summed E-state index contributed by atoms with van der Waals surface area (Å²) in [5.74, 6) is 0. The van der Waals surface area contributed by atoms with Crippen molar-refractivity contribution in [3.8, 4) is 0 Å². The predicted octanol–water partition coefficient (Wildman–Crippen LogP) is 1.53. The fourth-order valence-electron chi connectivity index (χ4n) is 0.400. The highest BCUT2D eigenvalue weighted by Gasteiger charge is 1.89. The van der Waals surface area contributed by atoms with Gasteiger partial charge in [0.2, 0.25) is 0 Å². The van der Waals surface area contributed by atoms with Crippen LogP contribution in [0.15, 0.2) is 0 Å². The summed E-state index contributed by atoms with van der Waals surface area (Å²) in [5.41, 5.74) is 0. The summed E-state index contributed by atoms with van der Waals surface area (Å²) in [6.07, 6.45) is 1.25. The van der Waals surface area contributed by atoms with E-state index in [1.54, 1.807) is 0 Å². The Kier molecular flexibility index (Phi) is 12.2. The third-order valence-corrected chi connectivity index (χ3v) is 0.994. The van der Waals surface area contributed by atoms with Crippen molar-refractivity contribution in [1.29, 1.82) is 0 Å². The quantitative estimate of drug-likeness (QED) is 0.618. The van der Waals surface area contributed by atoms with Gasteiger partial charge in [0, 0.05) is 13.1 Å². The molecule has 0 saturated heterocycles. The molecule has 11 heavy (non-hydrogen) atoms. The first-order valence-electron chi connectivity index (χ1n) is 4.34. The highest BCUT2D eigenvalue weighted by molar-refractivity contribution is 4.45. The number of nitrogens with zero attached hydrogens (tertiary/aromatic N) is 2. The lowest BCUT2D eigenvalue weighted by molar-refractivity contribution is 0.320. The molecule has 0 fully saturated rings. The van der Waals surface area contributed by atoms with Gasteiger partial charge >= 0.3 is 0 Å². The van der Waals surface area contributed by atoms with Crippen LogP contribution in [0, 0.1) is 0 Å². The summed E-state index contributed by atoms with van der Waals surface area (Å²) in [4.78, 5) is 4.36. The molecule has 2 heteroatoms. The second kappa shape index (κ2) is 9.92. The molecule has 0 amide bonds. The Morgan fingerprint density at radius 1 is 0.727 bits per heavy atom. The molecule has 0 N–H and O–H groups in total. The van der Waals surface area contributed by atoms with Crippen molar-refractivity contribution in [2.75, 3.05) is 41.3 Å². The van der Waals surface area contributed by atoms with E-state index in [1.165, 1.54) is 6.42 Å². The lowest BCUT2D eigenvalue weighted by Gasteiger charge is -2.13. The molecular formula is C9H24N2. The van der Waals surface area contributed by atoms with Crippen LogP contribution in [0.25, 0.3) is 0 Å². The van der Waals surface area contributed by atoms with E-state index in [9.17, 15) is 0 Å². The van der Waals surface area contributed by atoms with E-state index in [-0.39, 0.29) is 0 Å². The molecule has 0 atom stereocenters. The SMILES string of the molecule is CCC.CN(C)CCN(C)C. The van der Waals surface area contributed by atoms with Crippen LogP contribution in [0.3, 0.4) is 0 Å². The van der Waals surface area contributed by atoms with Gasteiger partial charge in [-0.25, -0.2) is 0 Å². The Hall–Kier alpha value is -0.0800. The Morgan fingerprint density at radius 3 is 1.00 bits per heavy atom. The van der Waals surface area contributed by atoms with Crippen LogP contribution in [-0.2, 0) is 0 Å². The van der Waals surface area contributed by atoms with Crippen molar-refractivity contribution in [2.24, 2.45) is 0 Å². The van der Waals surface area contributed by atoms with E-state index in [1.807, 2.05) is 0 Å². The second-order valence-electron chi connectivity index (χ2n) is 3.31. The average molecular weight is 160 g/mol. The van der Waals surface area contributed by atoms with E-state index < -0.39 is 0 Å². The Bertz CT molecular complexity index is 52.6. The summed E-state index contributed by atoms with van der Waals surface area (Å²) >= 11 is 0. The summed E-state index contributed by atoms with van der Waals surface area (Å²) in [6.45, 7) is 6.54. The maximum Gasteiger partial charge on any atom is 0.0103 e. The van der Waals surface area contributed by atoms with Gasteiger partial charge in [-0.2, -0.15) is 0 Å². The van der Waals surface area contributed by atoms with Gasteiger partial charge in [0.1, 0.15) is 0 Å². The smallest absolute Gasteiger partial charge is 0.0103 e. The number of rotatable bonds is 3. The van der Waals surface area contributed by atoms with Crippen LogP contribution in [0.1, 0.15) is 20.3 Å². The summed E-state index contributed by atoms with van der Waals surface area (Å²) in [7, 11) is 8.35. The van der Waals surface area contributed by atoms with Crippen molar-refractivity contribution < 1.29 is 0 Å². The monoisotopic (exact) mass is 160 g/mol. The third-order valence-electron chi connectivity index (χ3n) is 0.994. The van der Waals surface area contributed by atoms with Crippen molar-refractivity contribution in [2.45, 2.75) is 20.3 Å². The molecule has 0 aliphatic carbocycles. The minimum absolute atomic E-state index is 1.15. The van der Waals surface area contributed by atoms with Gasteiger partial charge in [-0.1, -0.05) is 20.3 Å². The first-order chi connectivity index (χ1) is 5.04. The zero-order chi connectivity index (χ0) is 9.28. The highest BCUT2D eigenvalue weighted by Crippen LogP contribution is 1.76. The van der Waals surface area contributed by atoms with Gasteiger partial charge in [-0.3, -0.25) is 0 Å². The Balaban J connectivity index is 0. The second-order valence-corrected chi connectivity index (χ2v) is 3.31. The van der Waals surface area contributed by atoms with E-state index in [4.69, 9.17) is 0 Å². The van der Waals surface area contributed by atoms with Crippen LogP contribution in [0.2, 0.25) is 0 Å². The molecule has 2 nitrogen and oxygen atoms in total. The van der Waals surface area contributed by atoms with Crippen LogP contribution in [-0.4, -0.2) is 51.1 Å². The van der Waals surface area contributed by atoms with Crippen molar-refractivity contribution in [1.82, 2.24) is 9.80 Å². The molecule has 0 radical (unpaired) electrons. The number of likely N-dealkylation sites (N-methyl/N-ethyl adjacent to an activating group) is 2. The molecule has 0 heterocycles. The molecule has 0 saturated carbocycles. The lowest BCUT2D eigenvalue weighted by atomic mass is 10.5. The topological polar surface area (TPSA) is 6.48 Å². The summed E-state index contributed by atoms with van der Waals surface area (Å²) in [6, 6.07) is 0. The van der Waals surface area contributed by atoms with Crippen molar-refractivity contribution >= 4 is 0 Å². The molecule has 0 aromatic carbocycles. The van der Waals surface area contributed by atoms with Crippen LogP contribution in [0.4, 0.5) is 0 Å². The molecule has 0 bridgehead atoms. The van der Waals surface area contributed by atoms with Gasteiger partial charge in [-0.05, 0) is 28.2 Å². The molecule has 0 spiro atoms. The van der Waals surface area contributed by atoms with E-state index in [0.29, 0.717) is 0 Å². The van der Waals surface area contributed by atoms with Crippen molar-refractivity contribution in [3.63, 3.8) is 0 Å². The molecule has 0 aromatic rings. The molecule has 70 valence electrons. The Morgan fingerprint density at radius 2 is 0.909 bits per heavy atom. The largest absolute Gasteiger partial charge is 0.308 e. The number of hydrogen-bond acceptors (Lipinski definition) is 2. The number of hydrogen-bond donors (Lipinski definition) is 0. The lowest BCUT2D eigenvalue weighted by Crippen LogP contribution is -2.25. The highest BCUT2D eigenvalue weighted by atomic mass is 15.1. The van der Waals surface area contributed by atoms with Gasteiger partial charge in [0.15, 0.2) is 0 Å². The predicted molar refractivity (Wildman–Crippen MR) is 53.1 cm³/mol. The van der Waals surface area contributed by atoms with E-state index in [0.717, 1.165) is 13.1 Å². The Labute approximate surface area is 72.2 Å². The molecule has 0 rings (SSSR count). The zero-order valence-corrected chi connectivity index (χ0v) is 9.02. The molecule has 0 aliphatic heterocycles. The first kappa shape index (κ1) is 13.5.